The largest absolute Gasteiger partial charge is 0.350 e. The molecule has 168 valence electrons. The number of hydrogen-bond acceptors (Lipinski definition) is 3. The lowest BCUT2D eigenvalue weighted by Gasteiger charge is -2.31. The molecule has 1 atom stereocenters. The van der Waals surface area contributed by atoms with Crippen LogP contribution in [0.5, 0.6) is 0 Å². The minimum atomic E-state index is -0.648. The molecule has 0 radical (unpaired) electrons. The molecule has 4 nitrogen and oxygen atoms in total. The van der Waals surface area contributed by atoms with Crippen molar-refractivity contribution in [2.24, 2.45) is 0 Å². The monoisotopic (exact) mass is 464 g/mol. The van der Waals surface area contributed by atoms with Crippen LogP contribution in [0.4, 0.5) is 4.39 Å². The van der Waals surface area contributed by atoms with Crippen molar-refractivity contribution in [1.29, 1.82) is 0 Å². The minimum Gasteiger partial charge on any atom is -0.350 e. The van der Waals surface area contributed by atoms with Crippen molar-refractivity contribution >= 4 is 35.2 Å². The number of rotatable bonds is 8. The van der Waals surface area contributed by atoms with Gasteiger partial charge in [0.15, 0.2) is 0 Å². The summed E-state index contributed by atoms with van der Waals surface area (Å²) in [7, 11) is 0. The summed E-state index contributed by atoms with van der Waals surface area (Å²) < 4.78 is 14.0. The lowest BCUT2D eigenvalue weighted by molar-refractivity contribution is -0.139. The Morgan fingerprint density at radius 2 is 1.81 bits per heavy atom. The number of amides is 2. The molecule has 2 rings (SSSR count). The van der Waals surface area contributed by atoms with Gasteiger partial charge in [0.2, 0.25) is 11.8 Å². The molecular formula is C24H30ClFN2O2S. The Morgan fingerprint density at radius 1 is 1.16 bits per heavy atom. The van der Waals surface area contributed by atoms with E-state index in [1.54, 1.807) is 24.0 Å². The molecule has 0 aliphatic carbocycles. The molecule has 0 aromatic heterocycles. The maximum Gasteiger partial charge on any atom is 0.242 e. The van der Waals surface area contributed by atoms with E-state index in [2.05, 4.69) is 5.32 Å². The molecular weight excluding hydrogens is 435 g/mol. The Hall–Kier alpha value is -2.05. The van der Waals surface area contributed by atoms with Gasteiger partial charge in [-0.25, -0.2) is 4.39 Å². The van der Waals surface area contributed by atoms with Crippen molar-refractivity contribution in [2.75, 3.05) is 5.75 Å². The molecule has 7 heteroatoms. The zero-order chi connectivity index (χ0) is 23.2. The van der Waals surface area contributed by atoms with Gasteiger partial charge in [0.25, 0.3) is 0 Å². The number of nitrogens with zero attached hydrogens (tertiary/aromatic N) is 1. The average molecular weight is 465 g/mol. The van der Waals surface area contributed by atoms with Crippen LogP contribution in [0.1, 0.15) is 44.4 Å². The first-order chi connectivity index (χ1) is 14.5. The number of aryl methyl sites for hydroxylation is 1. The molecule has 0 aliphatic heterocycles. The molecule has 2 amide bonds. The predicted octanol–water partition coefficient (Wildman–Crippen LogP) is 5.35. The highest BCUT2D eigenvalue weighted by Gasteiger charge is 2.28. The van der Waals surface area contributed by atoms with E-state index in [1.807, 2.05) is 52.0 Å². The van der Waals surface area contributed by atoms with Crippen LogP contribution in [-0.2, 0) is 21.9 Å². The van der Waals surface area contributed by atoms with Gasteiger partial charge in [-0.3, -0.25) is 9.59 Å². The first-order valence-electron chi connectivity index (χ1n) is 10.2. The number of halogens is 2. The smallest absolute Gasteiger partial charge is 0.242 e. The minimum absolute atomic E-state index is 0.115. The Morgan fingerprint density at radius 3 is 2.39 bits per heavy atom. The summed E-state index contributed by atoms with van der Waals surface area (Å²) in [4.78, 5) is 27.4. The molecule has 0 unspecified atom stereocenters. The third kappa shape index (κ3) is 7.86. The van der Waals surface area contributed by atoms with Crippen molar-refractivity contribution in [2.45, 2.75) is 58.5 Å². The summed E-state index contributed by atoms with van der Waals surface area (Å²) in [6.45, 7) is 9.74. The summed E-state index contributed by atoms with van der Waals surface area (Å²) in [6.07, 6.45) is 0. The van der Waals surface area contributed by atoms with Crippen LogP contribution < -0.4 is 5.32 Å². The molecule has 0 saturated heterocycles. The third-order valence-electron chi connectivity index (χ3n) is 4.67. The van der Waals surface area contributed by atoms with E-state index in [9.17, 15) is 14.0 Å². The standard InChI is InChI=1S/C24H30ClFN2O2S/c1-16-9-11-18(12-10-16)13-28(17(2)23(30)27-24(3,4)5)22(29)15-31-14-19-20(25)7-6-8-21(19)26/h6-12,17H,13-15H2,1-5H3,(H,27,30)/t17-/m1/s1. The van der Waals surface area contributed by atoms with E-state index >= 15 is 0 Å². The van der Waals surface area contributed by atoms with Gasteiger partial charge in [0.1, 0.15) is 11.9 Å². The molecule has 0 aliphatic rings. The summed E-state index contributed by atoms with van der Waals surface area (Å²) in [6, 6.07) is 11.8. The highest BCUT2D eigenvalue weighted by molar-refractivity contribution is 7.99. The van der Waals surface area contributed by atoms with Gasteiger partial charge in [0, 0.05) is 28.4 Å². The maximum absolute atomic E-state index is 14.0. The number of carbonyl (C=O) groups excluding carboxylic acids is 2. The first kappa shape index (κ1) is 25.2. The lowest BCUT2D eigenvalue weighted by Crippen LogP contribution is -2.52. The van der Waals surface area contributed by atoms with Crippen molar-refractivity contribution in [3.63, 3.8) is 0 Å². The van der Waals surface area contributed by atoms with Gasteiger partial charge in [-0.05, 0) is 52.3 Å². The number of benzene rings is 2. The Balaban J connectivity index is 2.13. The quantitative estimate of drug-likeness (QED) is 0.572. The van der Waals surface area contributed by atoms with Gasteiger partial charge in [-0.1, -0.05) is 47.5 Å². The van der Waals surface area contributed by atoms with Gasteiger partial charge in [-0.15, -0.1) is 11.8 Å². The topological polar surface area (TPSA) is 49.4 Å². The van der Waals surface area contributed by atoms with Crippen molar-refractivity contribution < 1.29 is 14.0 Å². The Bertz CT molecular complexity index is 893. The fourth-order valence-corrected chi connectivity index (χ4v) is 4.19. The lowest BCUT2D eigenvalue weighted by atomic mass is 10.1. The second-order valence-electron chi connectivity index (χ2n) is 8.62. The van der Waals surface area contributed by atoms with E-state index < -0.39 is 11.6 Å². The molecule has 1 N–H and O–H groups in total. The van der Waals surface area contributed by atoms with Crippen LogP contribution >= 0.6 is 23.4 Å². The Labute approximate surface area is 193 Å². The predicted molar refractivity (Wildman–Crippen MR) is 127 cm³/mol. The SMILES string of the molecule is Cc1ccc(CN(C(=O)CSCc2c(F)cccc2Cl)[C@H](C)C(=O)NC(C)(C)C)cc1. The zero-order valence-corrected chi connectivity index (χ0v) is 20.2. The number of carbonyl (C=O) groups is 2. The Kier molecular flexibility index (Phi) is 8.95. The van der Waals surface area contributed by atoms with Crippen LogP contribution in [0, 0.1) is 12.7 Å². The molecule has 2 aromatic rings. The van der Waals surface area contributed by atoms with E-state index in [4.69, 9.17) is 11.6 Å². The molecule has 0 fully saturated rings. The normalized spacial score (nSPS) is 12.4. The number of thioether (sulfide) groups is 1. The molecule has 2 aromatic carbocycles. The van der Waals surface area contributed by atoms with Crippen LogP contribution in [0.25, 0.3) is 0 Å². The van der Waals surface area contributed by atoms with Crippen LogP contribution in [0.3, 0.4) is 0 Å². The zero-order valence-electron chi connectivity index (χ0n) is 18.7. The van der Waals surface area contributed by atoms with E-state index in [-0.39, 0.29) is 29.1 Å². The molecule has 0 bridgehead atoms. The molecule has 0 spiro atoms. The summed E-state index contributed by atoms with van der Waals surface area (Å²) in [5.41, 5.74) is 2.04. The maximum atomic E-state index is 14.0. The van der Waals surface area contributed by atoms with Gasteiger partial charge < -0.3 is 10.2 Å². The van der Waals surface area contributed by atoms with Crippen molar-refractivity contribution in [3.05, 3.63) is 70.0 Å². The van der Waals surface area contributed by atoms with Crippen molar-refractivity contribution in [1.82, 2.24) is 10.2 Å². The first-order valence-corrected chi connectivity index (χ1v) is 11.7. The summed E-state index contributed by atoms with van der Waals surface area (Å²) in [5.74, 6) is -0.395. The fourth-order valence-electron chi connectivity index (χ4n) is 2.94. The highest BCUT2D eigenvalue weighted by atomic mass is 35.5. The van der Waals surface area contributed by atoms with E-state index in [0.717, 1.165) is 11.1 Å². The number of nitrogens with one attached hydrogen (secondary N) is 1. The summed E-state index contributed by atoms with van der Waals surface area (Å²) >= 11 is 7.36. The van der Waals surface area contributed by atoms with Gasteiger partial charge >= 0.3 is 0 Å². The van der Waals surface area contributed by atoms with E-state index in [1.165, 1.54) is 17.8 Å². The fraction of sp³-hybridized carbons (Fsp3) is 0.417. The van der Waals surface area contributed by atoms with Crippen LogP contribution in [0.2, 0.25) is 5.02 Å². The average Bonchev–Trinajstić information content (AvgIpc) is 2.67. The van der Waals surface area contributed by atoms with Gasteiger partial charge in [0.05, 0.1) is 5.75 Å². The molecule has 0 saturated carbocycles. The second-order valence-corrected chi connectivity index (χ2v) is 10.0. The van der Waals surface area contributed by atoms with Gasteiger partial charge in [-0.2, -0.15) is 0 Å². The van der Waals surface area contributed by atoms with E-state index in [0.29, 0.717) is 17.1 Å². The van der Waals surface area contributed by atoms with Crippen molar-refractivity contribution in [3.8, 4) is 0 Å². The second kappa shape index (κ2) is 11.0. The number of hydrogen-bond donors (Lipinski definition) is 1. The molecule has 31 heavy (non-hydrogen) atoms. The third-order valence-corrected chi connectivity index (χ3v) is 5.97. The highest BCUT2D eigenvalue weighted by Crippen LogP contribution is 2.24. The summed E-state index contributed by atoms with van der Waals surface area (Å²) in [5, 5.41) is 3.28. The van der Waals surface area contributed by atoms with Crippen LogP contribution in [0.15, 0.2) is 42.5 Å². The van der Waals surface area contributed by atoms with Crippen LogP contribution in [-0.4, -0.2) is 34.0 Å². The molecule has 0 heterocycles.